The molecule has 2 aromatic rings. The number of nitrogens with zero attached hydrogens (tertiary/aromatic N) is 2. The van der Waals surface area contributed by atoms with Crippen LogP contribution in [0.5, 0.6) is 0 Å². The summed E-state index contributed by atoms with van der Waals surface area (Å²) in [5.41, 5.74) is 0.465. The number of likely N-dealkylation sites (N-methyl/N-ethyl adjacent to an activating group) is 1. The van der Waals surface area contributed by atoms with E-state index in [4.69, 9.17) is 4.42 Å². The first-order valence-corrected chi connectivity index (χ1v) is 8.17. The Morgan fingerprint density at radius 2 is 2.52 bits per heavy atom. The molecule has 0 saturated carbocycles. The topological polar surface area (TPSA) is 58.4 Å². The zero-order chi connectivity index (χ0) is 14.7. The molecule has 3 rings (SSSR count). The summed E-state index contributed by atoms with van der Waals surface area (Å²) in [6.45, 7) is 5.03. The fraction of sp³-hybridized carbons (Fsp3) is 0.467. The molecule has 1 fully saturated rings. The van der Waals surface area contributed by atoms with Crippen molar-refractivity contribution in [1.82, 2.24) is 15.2 Å². The number of furan rings is 1. The van der Waals surface area contributed by atoms with Crippen LogP contribution in [0.4, 0.5) is 0 Å². The minimum Gasteiger partial charge on any atom is -0.462 e. The predicted octanol–water partition coefficient (Wildman–Crippen LogP) is 2.62. The second kappa shape index (κ2) is 6.41. The third-order valence-electron chi connectivity index (χ3n) is 3.87. The van der Waals surface area contributed by atoms with Gasteiger partial charge >= 0.3 is 0 Å². The maximum absolute atomic E-state index is 12.2. The van der Waals surface area contributed by atoms with Gasteiger partial charge in [0, 0.05) is 18.0 Å². The van der Waals surface area contributed by atoms with E-state index in [0.717, 1.165) is 24.5 Å². The smallest absolute Gasteiger partial charge is 0.270 e. The summed E-state index contributed by atoms with van der Waals surface area (Å²) >= 11 is 1.42. The number of carbonyl (C=O) groups excluding carboxylic acids is 1. The molecule has 3 heterocycles. The summed E-state index contributed by atoms with van der Waals surface area (Å²) in [7, 11) is 0. The minimum absolute atomic E-state index is 0.105. The van der Waals surface area contributed by atoms with Gasteiger partial charge < -0.3 is 9.73 Å². The summed E-state index contributed by atoms with van der Waals surface area (Å²) in [6, 6.07) is 4.12. The van der Waals surface area contributed by atoms with Crippen molar-refractivity contribution in [2.45, 2.75) is 25.8 Å². The van der Waals surface area contributed by atoms with Crippen molar-refractivity contribution in [1.29, 1.82) is 0 Å². The number of amides is 1. The van der Waals surface area contributed by atoms with E-state index in [9.17, 15) is 4.79 Å². The molecular weight excluding hydrogens is 286 g/mol. The highest BCUT2D eigenvalue weighted by atomic mass is 32.1. The molecule has 1 amide bonds. The largest absolute Gasteiger partial charge is 0.462 e. The zero-order valence-electron chi connectivity index (χ0n) is 12.0. The van der Waals surface area contributed by atoms with E-state index in [1.165, 1.54) is 17.8 Å². The Bertz CT molecular complexity index is 594. The van der Waals surface area contributed by atoms with Crippen LogP contribution in [0.1, 0.15) is 30.3 Å². The number of carbonyl (C=O) groups is 1. The Labute approximate surface area is 128 Å². The molecule has 1 N–H and O–H groups in total. The number of hydrogen-bond acceptors (Lipinski definition) is 5. The molecule has 0 spiro atoms. The van der Waals surface area contributed by atoms with Gasteiger partial charge in [-0.3, -0.25) is 9.69 Å². The lowest BCUT2D eigenvalue weighted by Crippen LogP contribution is -2.40. The lowest BCUT2D eigenvalue weighted by Gasteiger charge is -2.22. The SMILES string of the molecule is CCN1CCC[C@H]1CNC(=O)c1csc(-c2ccco2)n1. The van der Waals surface area contributed by atoms with Gasteiger partial charge in [0.25, 0.3) is 5.91 Å². The second-order valence-electron chi connectivity index (χ2n) is 5.15. The molecule has 1 aliphatic heterocycles. The lowest BCUT2D eigenvalue weighted by molar-refractivity contribution is 0.0937. The van der Waals surface area contributed by atoms with Crippen LogP contribution >= 0.6 is 11.3 Å². The molecule has 1 saturated heterocycles. The van der Waals surface area contributed by atoms with E-state index in [1.807, 2.05) is 12.1 Å². The van der Waals surface area contributed by atoms with Crippen molar-refractivity contribution in [3.05, 3.63) is 29.5 Å². The Morgan fingerprint density at radius 3 is 3.29 bits per heavy atom. The summed E-state index contributed by atoms with van der Waals surface area (Å²) in [5.74, 6) is 0.596. The highest BCUT2D eigenvalue weighted by Gasteiger charge is 2.23. The van der Waals surface area contributed by atoms with Crippen LogP contribution in [0.3, 0.4) is 0 Å². The average Bonchev–Trinajstić information content (AvgIpc) is 3.24. The first kappa shape index (κ1) is 14.3. The minimum atomic E-state index is -0.105. The van der Waals surface area contributed by atoms with Gasteiger partial charge in [-0.1, -0.05) is 6.92 Å². The van der Waals surface area contributed by atoms with Crippen molar-refractivity contribution < 1.29 is 9.21 Å². The molecule has 0 aromatic carbocycles. The number of thiazole rings is 1. The maximum atomic E-state index is 12.2. The van der Waals surface area contributed by atoms with Crippen LogP contribution in [0, 0.1) is 0 Å². The van der Waals surface area contributed by atoms with E-state index < -0.39 is 0 Å². The van der Waals surface area contributed by atoms with Gasteiger partial charge in [0.05, 0.1) is 6.26 Å². The number of nitrogens with one attached hydrogen (secondary N) is 1. The number of aromatic nitrogens is 1. The van der Waals surface area contributed by atoms with Crippen molar-refractivity contribution >= 4 is 17.2 Å². The van der Waals surface area contributed by atoms with Crippen LogP contribution < -0.4 is 5.32 Å². The number of hydrogen-bond donors (Lipinski definition) is 1. The van der Waals surface area contributed by atoms with Crippen molar-refractivity contribution in [2.24, 2.45) is 0 Å². The third-order valence-corrected chi connectivity index (χ3v) is 4.73. The normalized spacial score (nSPS) is 19.0. The van der Waals surface area contributed by atoms with E-state index >= 15 is 0 Å². The molecule has 0 unspecified atom stereocenters. The molecule has 2 aromatic heterocycles. The monoisotopic (exact) mass is 305 g/mol. The average molecular weight is 305 g/mol. The summed E-state index contributed by atoms with van der Waals surface area (Å²) < 4.78 is 5.29. The molecule has 21 heavy (non-hydrogen) atoms. The quantitative estimate of drug-likeness (QED) is 0.922. The Morgan fingerprint density at radius 1 is 1.62 bits per heavy atom. The first-order valence-electron chi connectivity index (χ1n) is 7.29. The lowest BCUT2D eigenvalue weighted by atomic mass is 10.2. The van der Waals surface area contributed by atoms with E-state index in [1.54, 1.807) is 11.6 Å². The summed E-state index contributed by atoms with van der Waals surface area (Å²) in [4.78, 5) is 18.9. The van der Waals surface area contributed by atoms with E-state index in [-0.39, 0.29) is 5.91 Å². The van der Waals surface area contributed by atoms with Crippen LogP contribution in [0.15, 0.2) is 28.2 Å². The van der Waals surface area contributed by atoms with Gasteiger partial charge in [0.1, 0.15) is 5.69 Å². The standard InChI is InChI=1S/C15H19N3O2S/c1-2-18-7-3-5-11(18)9-16-14(19)12-10-21-15(17-12)13-6-4-8-20-13/h4,6,8,10-11H,2-3,5,7,9H2,1H3,(H,16,19)/t11-/m0/s1. The molecule has 1 aliphatic rings. The number of likely N-dealkylation sites (tertiary alicyclic amines) is 1. The van der Waals surface area contributed by atoms with E-state index in [2.05, 4.69) is 22.1 Å². The maximum Gasteiger partial charge on any atom is 0.270 e. The van der Waals surface area contributed by atoms with Crippen LogP contribution in [-0.2, 0) is 0 Å². The van der Waals surface area contributed by atoms with Gasteiger partial charge in [-0.25, -0.2) is 4.98 Å². The fourth-order valence-electron chi connectivity index (χ4n) is 2.74. The number of rotatable bonds is 5. The van der Waals surface area contributed by atoms with Crippen molar-refractivity contribution in [3.8, 4) is 10.8 Å². The fourth-order valence-corrected chi connectivity index (χ4v) is 3.50. The van der Waals surface area contributed by atoms with E-state index in [0.29, 0.717) is 24.0 Å². The Balaban J connectivity index is 1.58. The van der Waals surface area contributed by atoms with Gasteiger partial charge in [-0.2, -0.15) is 0 Å². The predicted molar refractivity (Wildman–Crippen MR) is 82.4 cm³/mol. The molecule has 0 bridgehead atoms. The Hall–Kier alpha value is -1.66. The van der Waals surface area contributed by atoms with Gasteiger partial charge in [-0.05, 0) is 38.1 Å². The molecule has 0 aliphatic carbocycles. The third kappa shape index (κ3) is 3.16. The Kier molecular flexibility index (Phi) is 4.36. The molecule has 1 atom stereocenters. The van der Waals surface area contributed by atoms with Gasteiger partial charge in [-0.15, -0.1) is 11.3 Å². The second-order valence-corrected chi connectivity index (χ2v) is 6.01. The summed E-state index contributed by atoms with van der Waals surface area (Å²) in [6.07, 6.45) is 3.98. The molecular formula is C15H19N3O2S. The van der Waals surface area contributed by atoms with Crippen molar-refractivity contribution in [2.75, 3.05) is 19.6 Å². The van der Waals surface area contributed by atoms with Crippen LogP contribution in [0.2, 0.25) is 0 Å². The van der Waals surface area contributed by atoms with Gasteiger partial charge in [0.2, 0.25) is 0 Å². The molecule has 5 nitrogen and oxygen atoms in total. The zero-order valence-corrected chi connectivity index (χ0v) is 12.9. The highest BCUT2D eigenvalue weighted by Crippen LogP contribution is 2.24. The van der Waals surface area contributed by atoms with Crippen molar-refractivity contribution in [3.63, 3.8) is 0 Å². The summed E-state index contributed by atoms with van der Waals surface area (Å²) in [5, 5.41) is 5.51. The first-order chi connectivity index (χ1) is 10.3. The van der Waals surface area contributed by atoms with Gasteiger partial charge in [0.15, 0.2) is 10.8 Å². The molecule has 6 heteroatoms. The van der Waals surface area contributed by atoms with Crippen LogP contribution in [-0.4, -0.2) is 41.5 Å². The highest BCUT2D eigenvalue weighted by molar-refractivity contribution is 7.13. The molecule has 112 valence electrons. The van der Waals surface area contributed by atoms with Crippen LogP contribution in [0.25, 0.3) is 10.8 Å². The molecule has 0 radical (unpaired) electrons.